The highest BCUT2D eigenvalue weighted by Crippen LogP contribution is 2.35. The summed E-state index contributed by atoms with van der Waals surface area (Å²) in [6.45, 7) is 0.119. The summed E-state index contributed by atoms with van der Waals surface area (Å²) in [5.74, 6) is -0.424. The number of rotatable bonds is 5. The minimum atomic E-state index is -0.442. The molecule has 0 saturated heterocycles. The molecule has 3 aromatic heterocycles. The molecule has 0 amide bonds. The lowest BCUT2D eigenvalue weighted by Gasteiger charge is -2.10. The van der Waals surface area contributed by atoms with Gasteiger partial charge in [-0.15, -0.1) is 0 Å². The van der Waals surface area contributed by atoms with E-state index in [0.29, 0.717) is 5.56 Å². The number of fused-ring (bicyclic) bond motifs is 1. The molecule has 0 radical (unpaired) electrons. The van der Waals surface area contributed by atoms with Crippen molar-refractivity contribution in [3.8, 4) is 28.5 Å². The van der Waals surface area contributed by atoms with E-state index < -0.39 is 11.5 Å². The SMILES string of the molecule is COC(=O)CCn1cc(-c2c(-c3ccccc3)nn3ccccc23)cc(C#N)c1=O. The zero-order valence-electron chi connectivity index (χ0n) is 16.3. The Balaban J connectivity index is 1.95. The van der Waals surface area contributed by atoms with Crippen molar-refractivity contribution in [2.45, 2.75) is 13.0 Å². The third kappa shape index (κ3) is 3.47. The van der Waals surface area contributed by atoms with Crippen LogP contribution in [0.2, 0.25) is 0 Å². The molecule has 30 heavy (non-hydrogen) atoms. The van der Waals surface area contributed by atoms with Crippen LogP contribution in [0.5, 0.6) is 0 Å². The van der Waals surface area contributed by atoms with Crippen LogP contribution in [-0.4, -0.2) is 27.3 Å². The molecule has 0 spiro atoms. The maximum atomic E-state index is 12.6. The van der Waals surface area contributed by atoms with Gasteiger partial charge in [0.1, 0.15) is 17.3 Å². The van der Waals surface area contributed by atoms with Gasteiger partial charge < -0.3 is 9.30 Å². The second kappa shape index (κ2) is 8.05. The van der Waals surface area contributed by atoms with Crippen LogP contribution in [0.3, 0.4) is 0 Å². The van der Waals surface area contributed by atoms with Crippen molar-refractivity contribution in [2.24, 2.45) is 0 Å². The Morgan fingerprint density at radius 1 is 1.13 bits per heavy atom. The van der Waals surface area contributed by atoms with Crippen LogP contribution < -0.4 is 5.56 Å². The Kier molecular flexibility index (Phi) is 5.14. The number of benzene rings is 1. The monoisotopic (exact) mass is 398 g/mol. The number of carbonyl (C=O) groups excluding carboxylic acids is 1. The zero-order chi connectivity index (χ0) is 21.1. The fraction of sp³-hybridized carbons (Fsp3) is 0.130. The smallest absolute Gasteiger partial charge is 0.307 e. The van der Waals surface area contributed by atoms with E-state index in [9.17, 15) is 14.9 Å². The fourth-order valence-corrected chi connectivity index (χ4v) is 3.41. The number of nitrogens with zero attached hydrogens (tertiary/aromatic N) is 4. The normalized spacial score (nSPS) is 10.7. The first-order valence-corrected chi connectivity index (χ1v) is 9.37. The molecule has 0 aliphatic carbocycles. The summed E-state index contributed by atoms with van der Waals surface area (Å²) >= 11 is 0. The highest BCUT2D eigenvalue weighted by atomic mass is 16.5. The van der Waals surface area contributed by atoms with Crippen molar-refractivity contribution in [3.05, 3.63) is 82.9 Å². The maximum Gasteiger partial charge on any atom is 0.307 e. The van der Waals surface area contributed by atoms with Crippen LogP contribution in [0.25, 0.3) is 27.9 Å². The topological polar surface area (TPSA) is 89.4 Å². The predicted octanol–water partition coefficient (Wildman–Crippen LogP) is 3.26. The average Bonchev–Trinajstić information content (AvgIpc) is 3.18. The third-order valence-corrected chi connectivity index (χ3v) is 4.87. The molecular weight excluding hydrogens is 380 g/mol. The standard InChI is InChI=1S/C23H18N4O3/c1-30-20(28)10-12-26-15-18(13-17(14-24)23(26)29)21-19-9-5-6-11-27(19)25-22(21)16-7-3-2-4-8-16/h2-9,11,13,15H,10,12H2,1H3. The van der Waals surface area contributed by atoms with Crippen molar-refractivity contribution < 1.29 is 9.53 Å². The van der Waals surface area contributed by atoms with Gasteiger partial charge in [-0.05, 0) is 18.2 Å². The first-order chi connectivity index (χ1) is 14.6. The van der Waals surface area contributed by atoms with Crippen molar-refractivity contribution in [1.29, 1.82) is 5.26 Å². The first kappa shape index (κ1) is 19.2. The van der Waals surface area contributed by atoms with E-state index in [0.717, 1.165) is 22.3 Å². The van der Waals surface area contributed by atoms with E-state index in [1.54, 1.807) is 16.8 Å². The fourth-order valence-electron chi connectivity index (χ4n) is 3.41. The van der Waals surface area contributed by atoms with E-state index >= 15 is 0 Å². The minimum Gasteiger partial charge on any atom is -0.469 e. The molecule has 3 heterocycles. The van der Waals surface area contributed by atoms with Gasteiger partial charge in [-0.25, -0.2) is 4.52 Å². The van der Waals surface area contributed by atoms with E-state index in [1.807, 2.05) is 60.8 Å². The number of pyridine rings is 2. The van der Waals surface area contributed by atoms with Gasteiger partial charge in [0.05, 0.1) is 19.0 Å². The number of hydrogen-bond donors (Lipinski definition) is 0. The zero-order valence-corrected chi connectivity index (χ0v) is 16.3. The number of ether oxygens (including phenoxy) is 1. The number of aromatic nitrogens is 3. The van der Waals surface area contributed by atoms with Crippen molar-refractivity contribution in [1.82, 2.24) is 14.2 Å². The Morgan fingerprint density at radius 3 is 2.63 bits per heavy atom. The van der Waals surface area contributed by atoms with E-state index in [4.69, 9.17) is 5.10 Å². The molecule has 0 aliphatic heterocycles. The average molecular weight is 398 g/mol. The maximum absolute atomic E-state index is 12.6. The van der Waals surface area contributed by atoms with Gasteiger partial charge in [-0.3, -0.25) is 9.59 Å². The quantitative estimate of drug-likeness (QED) is 0.482. The van der Waals surface area contributed by atoms with E-state index in [-0.39, 0.29) is 18.5 Å². The molecule has 0 aliphatic rings. The number of nitriles is 1. The second-order valence-corrected chi connectivity index (χ2v) is 6.70. The number of methoxy groups -OCH3 is 1. The van der Waals surface area contributed by atoms with Crippen molar-refractivity contribution in [2.75, 3.05) is 7.11 Å². The summed E-state index contributed by atoms with van der Waals surface area (Å²) in [5, 5.41) is 14.2. The van der Waals surface area contributed by atoms with Crippen LogP contribution in [0, 0.1) is 11.3 Å². The van der Waals surface area contributed by atoms with Gasteiger partial charge in [0.25, 0.3) is 5.56 Å². The number of esters is 1. The molecule has 0 fully saturated rings. The number of carbonyl (C=O) groups is 1. The summed E-state index contributed by atoms with van der Waals surface area (Å²) in [7, 11) is 1.30. The number of hydrogen-bond acceptors (Lipinski definition) is 5. The summed E-state index contributed by atoms with van der Waals surface area (Å²) in [4.78, 5) is 24.2. The van der Waals surface area contributed by atoms with E-state index in [2.05, 4.69) is 4.74 Å². The number of aryl methyl sites for hydroxylation is 1. The highest BCUT2D eigenvalue weighted by Gasteiger charge is 2.19. The predicted molar refractivity (Wildman–Crippen MR) is 112 cm³/mol. The Labute approximate surface area is 172 Å². The molecule has 7 heteroatoms. The van der Waals surface area contributed by atoms with Gasteiger partial charge >= 0.3 is 5.97 Å². The molecule has 0 N–H and O–H groups in total. The Hall–Kier alpha value is -4.18. The molecular formula is C23H18N4O3. The van der Waals surface area contributed by atoms with Crippen molar-refractivity contribution in [3.63, 3.8) is 0 Å². The van der Waals surface area contributed by atoms with E-state index in [1.165, 1.54) is 11.7 Å². The molecule has 0 saturated carbocycles. The summed E-state index contributed by atoms with van der Waals surface area (Å²) in [6.07, 6.45) is 3.55. The van der Waals surface area contributed by atoms with Gasteiger partial charge in [-0.1, -0.05) is 36.4 Å². The van der Waals surface area contributed by atoms with Crippen molar-refractivity contribution >= 4 is 11.5 Å². The molecule has 0 unspecified atom stereocenters. The van der Waals surface area contributed by atoms with Crippen LogP contribution >= 0.6 is 0 Å². The lowest BCUT2D eigenvalue weighted by molar-refractivity contribution is -0.140. The first-order valence-electron chi connectivity index (χ1n) is 9.37. The Bertz CT molecular complexity index is 1330. The molecule has 4 aromatic rings. The van der Waals surface area contributed by atoms with Crippen LogP contribution in [0.1, 0.15) is 12.0 Å². The van der Waals surface area contributed by atoms with Gasteiger partial charge in [-0.2, -0.15) is 10.4 Å². The van der Waals surface area contributed by atoms with Crippen LogP contribution in [-0.2, 0) is 16.1 Å². The Morgan fingerprint density at radius 2 is 1.90 bits per heavy atom. The van der Waals surface area contributed by atoms with Crippen LogP contribution in [0.15, 0.2) is 71.8 Å². The largest absolute Gasteiger partial charge is 0.469 e. The lowest BCUT2D eigenvalue weighted by Crippen LogP contribution is -2.23. The molecule has 1 aromatic carbocycles. The molecule has 0 bridgehead atoms. The molecule has 148 valence electrons. The summed E-state index contributed by atoms with van der Waals surface area (Å²) in [6, 6.07) is 19.0. The molecule has 7 nitrogen and oxygen atoms in total. The van der Waals surface area contributed by atoms with Gasteiger partial charge in [0.2, 0.25) is 0 Å². The lowest BCUT2D eigenvalue weighted by atomic mass is 10.00. The van der Waals surface area contributed by atoms with Gasteiger partial charge in [0, 0.05) is 35.6 Å². The third-order valence-electron chi connectivity index (χ3n) is 4.87. The van der Waals surface area contributed by atoms with Crippen LogP contribution in [0.4, 0.5) is 0 Å². The molecule has 0 atom stereocenters. The van der Waals surface area contributed by atoms with Gasteiger partial charge in [0.15, 0.2) is 0 Å². The molecule has 4 rings (SSSR count). The second-order valence-electron chi connectivity index (χ2n) is 6.70. The summed E-state index contributed by atoms with van der Waals surface area (Å²) in [5.41, 5.74) is 3.56. The minimum absolute atomic E-state index is 0.00617. The summed E-state index contributed by atoms with van der Waals surface area (Å²) < 4.78 is 7.83. The highest BCUT2D eigenvalue weighted by molar-refractivity contribution is 5.92.